The number of aromatic nitrogens is 1. The molecule has 3 N–H and O–H groups in total. The van der Waals surface area contributed by atoms with Crippen molar-refractivity contribution in [3.63, 3.8) is 0 Å². The molecule has 0 aliphatic heterocycles. The molecule has 106 valence electrons. The lowest BCUT2D eigenvalue weighted by Crippen LogP contribution is -2.14. The van der Waals surface area contributed by atoms with E-state index in [4.69, 9.17) is 5.11 Å². The molecule has 6 heteroatoms. The Morgan fingerprint density at radius 1 is 1.35 bits per heavy atom. The first-order valence-corrected chi connectivity index (χ1v) is 7.29. The van der Waals surface area contributed by atoms with Crippen LogP contribution in [0.4, 0.5) is 11.5 Å². The maximum absolute atomic E-state index is 11.8. The number of thiophene rings is 1. The van der Waals surface area contributed by atoms with Gasteiger partial charge in [0.25, 0.3) is 0 Å². The summed E-state index contributed by atoms with van der Waals surface area (Å²) < 4.78 is 0. The highest BCUT2D eigenvalue weighted by atomic mass is 32.1. The monoisotopic (exact) mass is 291 g/mol. The van der Waals surface area contributed by atoms with Gasteiger partial charge in [0.1, 0.15) is 5.82 Å². The number of aliphatic hydroxyl groups excluding tert-OH is 1. The third-order valence-corrected chi connectivity index (χ3v) is 3.48. The number of anilines is 2. The van der Waals surface area contributed by atoms with Crippen LogP contribution in [0.15, 0.2) is 35.8 Å². The maximum Gasteiger partial charge on any atom is 0.229 e. The van der Waals surface area contributed by atoms with Gasteiger partial charge in [0, 0.05) is 18.0 Å². The Morgan fingerprint density at radius 2 is 2.25 bits per heavy atom. The molecule has 0 spiro atoms. The van der Waals surface area contributed by atoms with Gasteiger partial charge in [-0.3, -0.25) is 4.79 Å². The lowest BCUT2D eigenvalue weighted by atomic mass is 10.3. The van der Waals surface area contributed by atoms with Gasteiger partial charge in [0.05, 0.1) is 18.3 Å². The van der Waals surface area contributed by atoms with Crippen LogP contribution < -0.4 is 10.6 Å². The van der Waals surface area contributed by atoms with Gasteiger partial charge >= 0.3 is 0 Å². The number of nitrogens with zero attached hydrogens (tertiary/aromatic N) is 1. The summed E-state index contributed by atoms with van der Waals surface area (Å²) in [6.45, 7) is 0.831. The summed E-state index contributed by atoms with van der Waals surface area (Å²) in [7, 11) is 0. The van der Waals surface area contributed by atoms with Crippen molar-refractivity contribution in [2.24, 2.45) is 0 Å². The highest BCUT2D eigenvalue weighted by molar-refractivity contribution is 7.10. The van der Waals surface area contributed by atoms with E-state index in [9.17, 15) is 4.79 Å². The number of nitrogens with one attached hydrogen (secondary N) is 2. The van der Waals surface area contributed by atoms with Gasteiger partial charge < -0.3 is 15.7 Å². The van der Waals surface area contributed by atoms with Gasteiger partial charge in [0.2, 0.25) is 5.91 Å². The zero-order valence-electron chi connectivity index (χ0n) is 11.0. The van der Waals surface area contributed by atoms with E-state index in [-0.39, 0.29) is 12.5 Å². The number of hydrogen-bond donors (Lipinski definition) is 3. The first-order valence-electron chi connectivity index (χ1n) is 6.41. The SMILES string of the molecule is O=C(Cc1cccs1)Nc1ccc(NCCCO)nc1. The first kappa shape index (κ1) is 14.5. The Morgan fingerprint density at radius 3 is 2.90 bits per heavy atom. The van der Waals surface area contributed by atoms with Gasteiger partial charge in [-0.2, -0.15) is 0 Å². The highest BCUT2D eigenvalue weighted by Crippen LogP contribution is 2.12. The van der Waals surface area contributed by atoms with Gasteiger partial charge in [-0.1, -0.05) is 6.07 Å². The summed E-state index contributed by atoms with van der Waals surface area (Å²) in [6.07, 6.45) is 2.68. The minimum absolute atomic E-state index is 0.0461. The second-order valence-electron chi connectivity index (χ2n) is 4.24. The number of hydrogen-bond acceptors (Lipinski definition) is 5. The van der Waals surface area contributed by atoms with Crippen molar-refractivity contribution in [2.45, 2.75) is 12.8 Å². The molecular weight excluding hydrogens is 274 g/mol. The zero-order valence-corrected chi connectivity index (χ0v) is 11.8. The van der Waals surface area contributed by atoms with Crippen LogP contribution >= 0.6 is 11.3 Å². The molecule has 2 rings (SSSR count). The van der Waals surface area contributed by atoms with E-state index in [1.165, 1.54) is 0 Å². The van der Waals surface area contributed by atoms with Crippen molar-refractivity contribution in [3.05, 3.63) is 40.7 Å². The van der Waals surface area contributed by atoms with E-state index in [1.54, 1.807) is 29.7 Å². The molecule has 0 saturated heterocycles. The fourth-order valence-corrected chi connectivity index (χ4v) is 2.35. The van der Waals surface area contributed by atoms with E-state index in [1.807, 2.05) is 17.5 Å². The Hall–Kier alpha value is -1.92. The summed E-state index contributed by atoms with van der Waals surface area (Å²) >= 11 is 1.57. The fourth-order valence-electron chi connectivity index (χ4n) is 1.64. The largest absolute Gasteiger partial charge is 0.396 e. The van der Waals surface area contributed by atoms with Crippen LogP contribution in [0.3, 0.4) is 0 Å². The van der Waals surface area contributed by atoms with E-state index >= 15 is 0 Å². The normalized spacial score (nSPS) is 10.2. The molecule has 0 atom stereocenters. The average molecular weight is 291 g/mol. The molecule has 0 aliphatic rings. The van der Waals surface area contributed by atoms with Crippen LogP contribution in [0.5, 0.6) is 0 Å². The average Bonchev–Trinajstić information content (AvgIpc) is 2.94. The number of carbonyl (C=O) groups is 1. The molecule has 0 aromatic carbocycles. The molecule has 0 aliphatic carbocycles. The third-order valence-electron chi connectivity index (χ3n) is 2.60. The molecule has 2 aromatic rings. The van der Waals surface area contributed by atoms with E-state index in [0.717, 1.165) is 10.7 Å². The molecule has 2 aromatic heterocycles. The second kappa shape index (κ2) is 7.62. The molecular formula is C14H17N3O2S. The topological polar surface area (TPSA) is 74.2 Å². The van der Waals surface area contributed by atoms with Crippen LogP contribution in [0.1, 0.15) is 11.3 Å². The number of amides is 1. The van der Waals surface area contributed by atoms with Crippen LogP contribution in [-0.4, -0.2) is 29.1 Å². The van der Waals surface area contributed by atoms with E-state index in [2.05, 4.69) is 15.6 Å². The lowest BCUT2D eigenvalue weighted by molar-refractivity contribution is -0.115. The number of aliphatic hydroxyl groups is 1. The van der Waals surface area contributed by atoms with E-state index < -0.39 is 0 Å². The summed E-state index contributed by atoms with van der Waals surface area (Å²) in [4.78, 5) is 17.0. The highest BCUT2D eigenvalue weighted by Gasteiger charge is 2.05. The molecule has 0 unspecified atom stereocenters. The van der Waals surface area contributed by atoms with Crippen LogP contribution in [0.25, 0.3) is 0 Å². The third kappa shape index (κ3) is 4.64. The van der Waals surface area contributed by atoms with Gasteiger partial charge in [-0.05, 0) is 30.0 Å². The molecule has 0 radical (unpaired) electrons. The number of rotatable bonds is 7. The summed E-state index contributed by atoms with van der Waals surface area (Å²) in [5, 5.41) is 16.5. The van der Waals surface area contributed by atoms with Crippen molar-refractivity contribution in [3.8, 4) is 0 Å². The van der Waals surface area contributed by atoms with Crippen LogP contribution in [0, 0.1) is 0 Å². The van der Waals surface area contributed by atoms with Crippen molar-refractivity contribution in [1.29, 1.82) is 0 Å². The zero-order chi connectivity index (χ0) is 14.2. The molecule has 20 heavy (non-hydrogen) atoms. The van der Waals surface area contributed by atoms with Gasteiger partial charge in [-0.15, -0.1) is 11.3 Å². The predicted octanol–water partition coefficient (Wildman–Crippen LogP) is 2.12. The fraction of sp³-hybridized carbons (Fsp3) is 0.286. The lowest BCUT2D eigenvalue weighted by Gasteiger charge is -2.07. The minimum Gasteiger partial charge on any atom is -0.396 e. The minimum atomic E-state index is -0.0461. The van der Waals surface area contributed by atoms with Crippen molar-refractivity contribution >= 4 is 28.7 Å². The van der Waals surface area contributed by atoms with Crippen LogP contribution in [-0.2, 0) is 11.2 Å². The molecule has 2 heterocycles. The quantitative estimate of drug-likeness (QED) is 0.683. The van der Waals surface area contributed by atoms with Crippen molar-refractivity contribution in [2.75, 3.05) is 23.8 Å². The Bertz CT molecular complexity index is 526. The van der Waals surface area contributed by atoms with Gasteiger partial charge in [-0.25, -0.2) is 4.98 Å². The predicted molar refractivity (Wildman–Crippen MR) is 81.1 cm³/mol. The summed E-state index contributed by atoms with van der Waals surface area (Å²) in [6, 6.07) is 7.48. The molecule has 0 fully saturated rings. The standard InChI is InChI=1S/C14H17N3O2S/c18-7-2-6-15-13-5-4-11(10-16-13)17-14(19)9-12-3-1-8-20-12/h1,3-5,8,10,18H,2,6-7,9H2,(H,15,16)(H,17,19). The smallest absolute Gasteiger partial charge is 0.229 e. The Kier molecular flexibility index (Phi) is 5.52. The maximum atomic E-state index is 11.8. The number of carbonyl (C=O) groups excluding carboxylic acids is 1. The molecule has 0 saturated carbocycles. The first-order chi connectivity index (χ1) is 9.78. The van der Waals surface area contributed by atoms with E-state index in [0.29, 0.717) is 25.1 Å². The van der Waals surface area contributed by atoms with Gasteiger partial charge in [0.15, 0.2) is 0 Å². The number of pyridine rings is 1. The van der Waals surface area contributed by atoms with Crippen LogP contribution in [0.2, 0.25) is 0 Å². The molecule has 0 bridgehead atoms. The Labute approximate surface area is 121 Å². The van der Waals surface area contributed by atoms with Crippen molar-refractivity contribution in [1.82, 2.24) is 4.98 Å². The molecule has 5 nitrogen and oxygen atoms in total. The summed E-state index contributed by atoms with van der Waals surface area (Å²) in [5.74, 6) is 0.685. The molecule has 1 amide bonds. The Balaban J connectivity index is 1.82. The summed E-state index contributed by atoms with van der Waals surface area (Å²) in [5.41, 5.74) is 0.680. The van der Waals surface area contributed by atoms with Crippen molar-refractivity contribution < 1.29 is 9.90 Å². The second-order valence-corrected chi connectivity index (χ2v) is 5.27.